The molecule has 2 rings (SSSR count). The Kier molecular flexibility index (Phi) is 5.33. The van der Waals surface area contributed by atoms with E-state index in [9.17, 15) is 9.59 Å². The van der Waals surface area contributed by atoms with E-state index in [-0.39, 0.29) is 0 Å². The van der Waals surface area contributed by atoms with E-state index in [1.54, 1.807) is 36.4 Å². The van der Waals surface area contributed by atoms with E-state index in [1.807, 2.05) is 12.1 Å². The topological polar surface area (TPSA) is 58.2 Å². The third-order valence-corrected chi connectivity index (χ3v) is 3.67. The lowest BCUT2D eigenvalue weighted by Crippen LogP contribution is -2.29. The number of carbonyl (C=O) groups excluding carboxylic acids is 2. The second-order valence-electron chi connectivity index (χ2n) is 5.19. The highest BCUT2D eigenvalue weighted by Gasteiger charge is 2.14. The fourth-order valence-electron chi connectivity index (χ4n) is 1.86. The fourth-order valence-corrected chi connectivity index (χ4v) is 2.12. The second kappa shape index (κ2) is 7.22. The molecule has 2 aromatic rings. The Bertz CT molecular complexity index is 664. The highest BCUT2D eigenvalue weighted by Crippen LogP contribution is 2.17. The van der Waals surface area contributed by atoms with Crippen molar-refractivity contribution in [1.29, 1.82) is 0 Å². The van der Waals surface area contributed by atoms with Crippen molar-refractivity contribution in [1.82, 2.24) is 0 Å². The van der Waals surface area contributed by atoms with E-state index in [2.05, 4.69) is 40.4 Å². The van der Waals surface area contributed by atoms with E-state index in [0.717, 1.165) is 4.47 Å². The first-order chi connectivity index (χ1) is 10.5. The molecule has 0 bridgehead atoms. The Labute approximate surface area is 138 Å². The normalized spacial score (nSPS) is 10.4. The minimum Gasteiger partial charge on any atom is -0.318 e. The molecule has 0 atom stereocenters. The van der Waals surface area contributed by atoms with Gasteiger partial charge in [-0.25, -0.2) is 0 Å². The summed E-state index contributed by atoms with van der Waals surface area (Å²) in [7, 11) is 0. The molecule has 0 fully saturated rings. The predicted molar refractivity (Wildman–Crippen MR) is 91.9 cm³/mol. The minimum absolute atomic E-state index is 0.422. The zero-order chi connectivity index (χ0) is 16.1. The summed E-state index contributed by atoms with van der Waals surface area (Å²) in [6.45, 7) is 4.19. The Morgan fingerprint density at radius 2 is 1.23 bits per heavy atom. The molecule has 22 heavy (non-hydrogen) atoms. The average molecular weight is 361 g/mol. The predicted octanol–water partition coefficient (Wildman–Crippen LogP) is 4.15. The van der Waals surface area contributed by atoms with Gasteiger partial charge in [0.25, 0.3) is 0 Å². The van der Waals surface area contributed by atoms with Crippen molar-refractivity contribution in [2.75, 3.05) is 10.6 Å². The molecule has 0 radical (unpaired) electrons. The first-order valence-electron chi connectivity index (χ1n) is 6.93. The first-order valence-corrected chi connectivity index (χ1v) is 7.73. The summed E-state index contributed by atoms with van der Waals surface area (Å²) in [5.41, 5.74) is 2.34. The maximum atomic E-state index is 11.9. The van der Waals surface area contributed by atoms with Gasteiger partial charge >= 0.3 is 11.8 Å². The van der Waals surface area contributed by atoms with E-state index >= 15 is 0 Å². The Hall–Kier alpha value is -2.14. The number of anilines is 2. The molecule has 114 valence electrons. The third-order valence-electron chi connectivity index (χ3n) is 3.14. The molecule has 4 nitrogen and oxygen atoms in total. The number of carbonyl (C=O) groups is 2. The molecule has 2 N–H and O–H groups in total. The third kappa shape index (κ3) is 4.43. The van der Waals surface area contributed by atoms with Gasteiger partial charge in [0.1, 0.15) is 0 Å². The smallest absolute Gasteiger partial charge is 0.314 e. The largest absolute Gasteiger partial charge is 0.318 e. The maximum absolute atomic E-state index is 11.9. The van der Waals surface area contributed by atoms with Crippen molar-refractivity contribution in [3.8, 4) is 0 Å². The quantitative estimate of drug-likeness (QED) is 0.807. The Morgan fingerprint density at radius 1 is 0.818 bits per heavy atom. The molecule has 0 saturated carbocycles. The highest BCUT2D eigenvalue weighted by molar-refractivity contribution is 9.10. The number of benzene rings is 2. The van der Waals surface area contributed by atoms with Crippen molar-refractivity contribution < 1.29 is 9.59 Å². The zero-order valence-corrected chi connectivity index (χ0v) is 14.0. The molecular weight excluding hydrogens is 344 g/mol. The van der Waals surface area contributed by atoms with E-state index in [1.165, 1.54) is 5.56 Å². The van der Waals surface area contributed by atoms with Crippen LogP contribution in [0.1, 0.15) is 25.3 Å². The van der Waals surface area contributed by atoms with Crippen LogP contribution in [-0.2, 0) is 9.59 Å². The van der Waals surface area contributed by atoms with Crippen LogP contribution < -0.4 is 10.6 Å². The van der Waals surface area contributed by atoms with Gasteiger partial charge in [-0.1, -0.05) is 41.9 Å². The van der Waals surface area contributed by atoms with Crippen LogP contribution in [0.15, 0.2) is 53.0 Å². The summed E-state index contributed by atoms with van der Waals surface area (Å²) < 4.78 is 0.903. The minimum atomic E-state index is -0.699. The summed E-state index contributed by atoms with van der Waals surface area (Å²) in [5.74, 6) is -0.971. The molecular formula is C17H17BrN2O2. The summed E-state index contributed by atoms with van der Waals surface area (Å²) in [4.78, 5) is 23.7. The SMILES string of the molecule is CC(C)c1ccc(NC(=O)C(=O)Nc2ccc(Br)cc2)cc1. The monoisotopic (exact) mass is 360 g/mol. The van der Waals surface area contributed by atoms with Gasteiger partial charge in [0.2, 0.25) is 0 Å². The standard InChI is InChI=1S/C17H17BrN2O2/c1-11(2)12-3-7-14(8-4-12)19-16(21)17(22)20-15-9-5-13(18)6-10-15/h3-11H,1-2H3,(H,19,21)(H,20,22). The molecule has 0 saturated heterocycles. The number of hydrogen-bond acceptors (Lipinski definition) is 2. The molecule has 0 aliphatic rings. The molecule has 0 heterocycles. The Morgan fingerprint density at radius 3 is 1.64 bits per heavy atom. The fraction of sp³-hybridized carbons (Fsp3) is 0.176. The van der Waals surface area contributed by atoms with Crippen molar-refractivity contribution >= 4 is 39.1 Å². The lowest BCUT2D eigenvalue weighted by molar-refractivity contribution is -0.132. The van der Waals surface area contributed by atoms with Gasteiger partial charge in [-0.3, -0.25) is 9.59 Å². The number of hydrogen-bond donors (Lipinski definition) is 2. The van der Waals surface area contributed by atoms with E-state index in [0.29, 0.717) is 17.3 Å². The van der Waals surface area contributed by atoms with Crippen LogP contribution in [0.3, 0.4) is 0 Å². The Balaban J connectivity index is 1.96. The van der Waals surface area contributed by atoms with Crippen LogP contribution in [-0.4, -0.2) is 11.8 Å². The van der Waals surface area contributed by atoms with Gasteiger partial charge in [-0.15, -0.1) is 0 Å². The molecule has 0 aliphatic heterocycles. The summed E-state index contributed by atoms with van der Waals surface area (Å²) in [6, 6.07) is 14.5. The number of halogens is 1. The summed E-state index contributed by atoms with van der Waals surface area (Å²) in [5, 5.41) is 5.13. The van der Waals surface area contributed by atoms with Crippen LogP contribution in [0.25, 0.3) is 0 Å². The number of nitrogens with one attached hydrogen (secondary N) is 2. The van der Waals surface area contributed by atoms with Gasteiger partial charge in [0.15, 0.2) is 0 Å². The van der Waals surface area contributed by atoms with Gasteiger partial charge in [0.05, 0.1) is 0 Å². The van der Waals surface area contributed by atoms with Crippen LogP contribution in [0.5, 0.6) is 0 Å². The molecule has 0 aliphatic carbocycles. The van der Waals surface area contributed by atoms with E-state index in [4.69, 9.17) is 0 Å². The zero-order valence-electron chi connectivity index (χ0n) is 12.4. The van der Waals surface area contributed by atoms with Crippen LogP contribution in [0, 0.1) is 0 Å². The molecule has 0 spiro atoms. The molecule has 2 aromatic carbocycles. The van der Waals surface area contributed by atoms with E-state index < -0.39 is 11.8 Å². The lowest BCUT2D eigenvalue weighted by atomic mass is 10.0. The second-order valence-corrected chi connectivity index (χ2v) is 6.11. The summed E-state index contributed by atoms with van der Waals surface area (Å²) in [6.07, 6.45) is 0. The van der Waals surface area contributed by atoms with Gasteiger partial charge in [-0.05, 0) is 47.9 Å². The van der Waals surface area contributed by atoms with Gasteiger partial charge < -0.3 is 10.6 Å². The van der Waals surface area contributed by atoms with Crippen LogP contribution in [0.4, 0.5) is 11.4 Å². The number of rotatable bonds is 3. The van der Waals surface area contributed by atoms with Crippen molar-refractivity contribution in [3.63, 3.8) is 0 Å². The maximum Gasteiger partial charge on any atom is 0.314 e. The van der Waals surface area contributed by atoms with Crippen LogP contribution >= 0.6 is 15.9 Å². The highest BCUT2D eigenvalue weighted by atomic mass is 79.9. The summed E-state index contributed by atoms with van der Waals surface area (Å²) >= 11 is 3.31. The molecule has 5 heteroatoms. The van der Waals surface area contributed by atoms with Gasteiger partial charge in [-0.2, -0.15) is 0 Å². The van der Waals surface area contributed by atoms with Crippen molar-refractivity contribution in [3.05, 3.63) is 58.6 Å². The molecule has 0 unspecified atom stereocenters. The van der Waals surface area contributed by atoms with Gasteiger partial charge in [0, 0.05) is 15.8 Å². The van der Waals surface area contributed by atoms with Crippen molar-refractivity contribution in [2.45, 2.75) is 19.8 Å². The first kappa shape index (κ1) is 16.2. The molecule has 0 aromatic heterocycles. The average Bonchev–Trinajstić information content (AvgIpc) is 2.50. The molecule has 2 amide bonds. The van der Waals surface area contributed by atoms with Crippen molar-refractivity contribution in [2.24, 2.45) is 0 Å². The number of amides is 2. The lowest BCUT2D eigenvalue weighted by Gasteiger charge is -2.09. The van der Waals surface area contributed by atoms with Crippen LogP contribution in [0.2, 0.25) is 0 Å².